The molecule has 2 amide bonds. The van der Waals surface area contributed by atoms with E-state index in [0.717, 1.165) is 5.56 Å². The second kappa shape index (κ2) is 5.83. The number of thioether (sulfide) groups is 1. The molecule has 2 heterocycles. The molecule has 104 valence electrons. The highest BCUT2D eigenvalue weighted by molar-refractivity contribution is 8.00. The molecule has 2 rings (SSSR count). The van der Waals surface area contributed by atoms with Gasteiger partial charge in [-0.15, -0.1) is 11.8 Å². The van der Waals surface area contributed by atoms with Crippen molar-refractivity contribution in [3.8, 4) is 0 Å². The second-order valence-corrected chi connectivity index (χ2v) is 6.55. The van der Waals surface area contributed by atoms with Crippen LogP contribution in [0.15, 0.2) is 16.8 Å². The summed E-state index contributed by atoms with van der Waals surface area (Å²) in [6.45, 7) is 3.74. The molecule has 0 saturated carbocycles. The minimum atomic E-state index is -0.949. The fourth-order valence-electron chi connectivity index (χ4n) is 2.01. The Labute approximate surface area is 120 Å². The van der Waals surface area contributed by atoms with Gasteiger partial charge in [0, 0.05) is 5.75 Å². The van der Waals surface area contributed by atoms with Gasteiger partial charge in [0.2, 0.25) is 0 Å². The highest BCUT2D eigenvalue weighted by atomic mass is 32.2. The van der Waals surface area contributed by atoms with Crippen molar-refractivity contribution in [1.82, 2.24) is 10.2 Å². The summed E-state index contributed by atoms with van der Waals surface area (Å²) in [5, 5.41) is 15.8. The van der Waals surface area contributed by atoms with Gasteiger partial charge in [-0.25, -0.2) is 9.59 Å². The number of carbonyl (C=O) groups excluding carboxylic acids is 1. The van der Waals surface area contributed by atoms with Crippen molar-refractivity contribution in [2.45, 2.75) is 31.3 Å². The van der Waals surface area contributed by atoms with Crippen LogP contribution in [0.2, 0.25) is 0 Å². The third-order valence-corrected chi connectivity index (χ3v) is 5.04. The molecule has 0 aromatic carbocycles. The maximum absolute atomic E-state index is 12.2. The zero-order chi connectivity index (χ0) is 14.0. The van der Waals surface area contributed by atoms with E-state index in [1.165, 1.54) is 16.7 Å². The lowest BCUT2D eigenvalue weighted by Gasteiger charge is -2.27. The standard InChI is InChI=1S/C12H16N2O3S2/c1-7(9-3-4-18-5-9)13-12(17)14-8(2)19-6-10(14)11(15)16/h3-5,7-8,10H,6H2,1-2H3,(H,13,17)(H,15,16). The molecule has 0 spiro atoms. The fraction of sp³-hybridized carbons (Fsp3) is 0.500. The topological polar surface area (TPSA) is 69.6 Å². The average molecular weight is 300 g/mol. The number of carboxylic acids is 1. The Bertz CT molecular complexity index is 464. The van der Waals surface area contributed by atoms with Gasteiger partial charge in [-0.1, -0.05) is 0 Å². The van der Waals surface area contributed by atoms with Crippen LogP contribution in [-0.2, 0) is 4.79 Å². The van der Waals surface area contributed by atoms with Gasteiger partial charge >= 0.3 is 12.0 Å². The molecule has 0 aliphatic carbocycles. The molecule has 0 radical (unpaired) electrons. The van der Waals surface area contributed by atoms with Crippen LogP contribution in [-0.4, -0.2) is 39.2 Å². The quantitative estimate of drug-likeness (QED) is 0.899. The number of aliphatic carboxylic acids is 1. The third kappa shape index (κ3) is 3.03. The molecule has 1 fully saturated rings. The molecular formula is C12H16N2O3S2. The molecule has 0 bridgehead atoms. The van der Waals surface area contributed by atoms with Gasteiger partial charge in [0.25, 0.3) is 0 Å². The van der Waals surface area contributed by atoms with E-state index in [-0.39, 0.29) is 17.4 Å². The largest absolute Gasteiger partial charge is 0.480 e. The monoisotopic (exact) mass is 300 g/mol. The third-order valence-electron chi connectivity index (χ3n) is 3.13. The van der Waals surface area contributed by atoms with Crippen LogP contribution in [0.4, 0.5) is 4.79 Å². The Balaban J connectivity index is 2.04. The maximum atomic E-state index is 12.2. The van der Waals surface area contributed by atoms with Crippen molar-refractivity contribution in [2.75, 3.05) is 5.75 Å². The number of rotatable bonds is 3. The highest BCUT2D eigenvalue weighted by Crippen LogP contribution is 2.29. The summed E-state index contributed by atoms with van der Waals surface area (Å²) in [4.78, 5) is 24.8. The molecule has 1 aliphatic heterocycles. The van der Waals surface area contributed by atoms with Crippen molar-refractivity contribution in [1.29, 1.82) is 0 Å². The van der Waals surface area contributed by atoms with E-state index in [9.17, 15) is 9.59 Å². The first-order valence-electron chi connectivity index (χ1n) is 5.96. The summed E-state index contributed by atoms with van der Waals surface area (Å²) in [6, 6.07) is 0.774. The van der Waals surface area contributed by atoms with Crippen LogP contribution >= 0.6 is 23.1 Å². The van der Waals surface area contributed by atoms with E-state index in [2.05, 4.69) is 5.32 Å². The summed E-state index contributed by atoms with van der Waals surface area (Å²) in [5.41, 5.74) is 1.03. The van der Waals surface area contributed by atoms with Crippen LogP contribution < -0.4 is 5.32 Å². The lowest BCUT2D eigenvalue weighted by molar-refractivity contribution is -0.141. The average Bonchev–Trinajstić information content (AvgIpc) is 2.96. The van der Waals surface area contributed by atoms with Crippen LogP contribution in [0.5, 0.6) is 0 Å². The van der Waals surface area contributed by atoms with Gasteiger partial charge < -0.3 is 10.4 Å². The van der Waals surface area contributed by atoms with Gasteiger partial charge in [-0.3, -0.25) is 4.90 Å². The summed E-state index contributed by atoms with van der Waals surface area (Å²) < 4.78 is 0. The van der Waals surface area contributed by atoms with Crippen LogP contribution in [0.25, 0.3) is 0 Å². The number of nitrogens with zero attached hydrogens (tertiary/aromatic N) is 1. The normalized spacial score (nSPS) is 24.2. The van der Waals surface area contributed by atoms with Crippen LogP contribution in [0.3, 0.4) is 0 Å². The van der Waals surface area contributed by atoms with Gasteiger partial charge in [0.05, 0.1) is 11.4 Å². The van der Waals surface area contributed by atoms with Gasteiger partial charge in [0.1, 0.15) is 6.04 Å². The first kappa shape index (κ1) is 14.2. The Morgan fingerprint density at radius 2 is 2.32 bits per heavy atom. The molecule has 1 aliphatic rings. The number of carboxylic acid groups (broad SMARTS) is 1. The number of hydrogen-bond acceptors (Lipinski definition) is 4. The zero-order valence-electron chi connectivity index (χ0n) is 10.7. The number of carbonyl (C=O) groups is 2. The number of nitrogens with one attached hydrogen (secondary N) is 1. The first-order valence-corrected chi connectivity index (χ1v) is 7.95. The maximum Gasteiger partial charge on any atom is 0.327 e. The van der Waals surface area contributed by atoms with E-state index in [0.29, 0.717) is 5.75 Å². The van der Waals surface area contributed by atoms with Crippen LogP contribution in [0, 0.1) is 0 Å². The van der Waals surface area contributed by atoms with E-state index in [1.54, 1.807) is 11.3 Å². The lowest BCUT2D eigenvalue weighted by Crippen LogP contribution is -2.49. The van der Waals surface area contributed by atoms with E-state index < -0.39 is 12.0 Å². The van der Waals surface area contributed by atoms with Crippen molar-refractivity contribution >= 4 is 35.1 Å². The summed E-state index contributed by atoms with van der Waals surface area (Å²) in [6.07, 6.45) is 0. The molecule has 1 saturated heterocycles. The Morgan fingerprint density at radius 3 is 2.89 bits per heavy atom. The van der Waals surface area contributed by atoms with Crippen molar-refractivity contribution in [3.05, 3.63) is 22.4 Å². The molecule has 5 nitrogen and oxygen atoms in total. The van der Waals surface area contributed by atoms with E-state index >= 15 is 0 Å². The predicted molar refractivity (Wildman–Crippen MR) is 76.4 cm³/mol. The summed E-state index contributed by atoms with van der Waals surface area (Å²) >= 11 is 3.05. The molecule has 1 aromatic rings. The van der Waals surface area contributed by atoms with Gasteiger partial charge in [0.15, 0.2) is 0 Å². The lowest BCUT2D eigenvalue weighted by atomic mass is 10.2. The molecule has 2 N–H and O–H groups in total. The van der Waals surface area contributed by atoms with E-state index in [4.69, 9.17) is 5.11 Å². The van der Waals surface area contributed by atoms with Crippen molar-refractivity contribution < 1.29 is 14.7 Å². The Morgan fingerprint density at radius 1 is 1.58 bits per heavy atom. The fourth-order valence-corrected chi connectivity index (χ4v) is 3.93. The van der Waals surface area contributed by atoms with Gasteiger partial charge in [-0.2, -0.15) is 11.3 Å². The number of urea groups is 1. The SMILES string of the molecule is CC(NC(=O)N1C(C)SCC1C(=O)O)c1ccsc1. The minimum absolute atomic E-state index is 0.115. The van der Waals surface area contributed by atoms with Crippen LogP contribution in [0.1, 0.15) is 25.5 Å². The second-order valence-electron chi connectivity index (χ2n) is 4.42. The molecule has 1 aromatic heterocycles. The molecule has 19 heavy (non-hydrogen) atoms. The van der Waals surface area contributed by atoms with E-state index in [1.807, 2.05) is 30.7 Å². The minimum Gasteiger partial charge on any atom is -0.480 e. The summed E-state index contributed by atoms with van der Waals surface area (Å²) in [5.74, 6) is -0.508. The van der Waals surface area contributed by atoms with Crippen molar-refractivity contribution in [2.24, 2.45) is 0 Å². The number of amides is 2. The number of thiophene rings is 1. The molecule has 3 unspecified atom stereocenters. The Kier molecular flexibility index (Phi) is 4.36. The molecule has 3 atom stereocenters. The smallest absolute Gasteiger partial charge is 0.327 e. The molecular weight excluding hydrogens is 284 g/mol. The zero-order valence-corrected chi connectivity index (χ0v) is 12.3. The Hall–Kier alpha value is -1.21. The van der Waals surface area contributed by atoms with Gasteiger partial charge in [-0.05, 0) is 36.2 Å². The number of hydrogen-bond donors (Lipinski definition) is 2. The molecule has 7 heteroatoms. The highest BCUT2D eigenvalue weighted by Gasteiger charge is 2.39. The predicted octanol–water partition coefficient (Wildman–Crippen LogP) is 2.37. The van der Waals surface area contributed by atoms with Crippen molar-refractivity contribution in [3.63, 3.8) is 0 Å². The first-order chi connectivity index (χ1) is 9.00. The summed E-state index contributed by atoms with van der Waals surface area (Å²) in [7, 11) is 0.